The number of hydrogen-bond donors (Lipinski definition) is 0. The van der Waals surface area contributed by atoms with Gasteiger partial charge < -0.3 is 4.74 Å². The van der Waals surface area contributed by atoms with Crippen LogP contribution in [0.3, 0.4) is 0 Å². The molecule has 0 radical (unpaired) electrons. The van der Waals surface area contributed by atoms with Gasteiger partial charge in [0.1, 0.15) is 5.78 Å². The first kappa shape index (κ1) is 14.8. The molecule has 0 heterocycles. The van der Waals surface area contributed by atoms with Gasteiger partial charge in [0.2, 0.25) is 0 Å². The lowest BCUT2D eigenvalue weighted by Gasteiger charge is -2.27. The van der Waals surface area contributed by atoms with Gasteiger partial charge in [-0.15, -0.1) is 0 Å². The molecule has 1 saturated carbocycles. The minimum absolute atomic E-state index is 0.116. The van der Waals surface area contributed by atoms with E-state index in [2.05, 4.69) is 6.07 Å². The Kier molecular flexibility index (Phi) is 5.33. The van der Waals surface area contributed by atoms with Crippen LogP contribution in [0.4, 0.5) is 0 Å². The topological polar surface area (TPSA) is 43.4 Å². The molecule has 1 fully saturated rings. The molecular weight excluding hydrogens is 252 g/mol. The third-order valence-corrected chi connectivity index (χ3v) is 3.90. The predicted octanol–water partition coefficient (Wildman–Crippen LogP) is 3.41. The first-order chi connectivity index (χ1) is 9.70. The van der Waals surface area contributed by atoms with E-state index < -0.39 is 0 Å². The van der Waals surface area contributed by atoms with Gasteiger partial charge in [0, 0.05) is 12.8 Å². The first-order valence-corrected chi connectivity index (χ1v) is 7.45. The number of rotatable bonds is 7. The van der Waals surface area contributed by atoms with Crippen molar-refractivity contribution in [3.63, 3.8) is 0 Å². The van der Waals surface area contributed by atoms with Crippen molar-refractivity contribution >= 4 is 11.8 Å². The van der Waals surface area contributed by atoms with Crippen LogP contribution < -0.4 is 0 Å². The summed E-state index contributed by atoms with van der Waals surface area (Å²) < 4.78 is 4.84. The molecule has 0 N–H and O–H groups in total. The Morgan fingerprint density at radius 3 is 2.60 bits per heavy atom. The second-order valence-corrected chi connectivity index (χ2v) is 5.35. The van der Waals surface area contributed by atoms with Gasteiger partial charge in [-0.25, -0.2) is 0 Å². The van der Waals surface area contributed by atoms with Crippen LogP contribution >= 0.6 is 0 Å². The molecule has 0 atom stereocenters. The van der Waals surface area contributed by atoms with Crippen LogP contribution in [-0.4, -0.2) is 18.4 Å². The molecular formula is C17H22O3. The van der Waals surface area contributed by atoms with Crippen LogP contribution in [0.2, 0.25) is 0 Å². The summed E-state index contributed by atoms with van der Waals surface area (Å²) in [6, 6.07) is 8.20. The molecule has 108 valence electrons. The van der Waals surface area contributed by atoms with E-state index in [9.17, 15) is 9.59 Å². The van der Waals surface area contributed by atoms with Crippen LogP contribution in [0, 0.1) is 0 Å². The Balaban J connectivity index is 1.89. The molecule has 2 rings (SSSR count). The third-order valence-electron chi connectivity index (χ3n) is 3.90. The monoisotopic (exact) mass is 274 g/mol. The van der Waals surface area contributed by atoms with E-state index in [0.717, 1.165) is 5.56 Å². The van der Waals surface area contributed by atoms with Crippen molar-refractivity contribution < 1.29 is 14.3 Å². The van der Waals surface area contributed by atoms with Gasteiger partial charge in [0.25, 0.3) is 0 Å². The zero-order valence-corrected chi connectivity index (χ0v) is 12.1. The van der Waals surface area contributed by atoms with E-state index >= 15 is 0 Å². The summed E-state index contributed by atoms with van der Waals surface area (Å²) in [5.41, 5.74) is 2.45. The molecule has 0 aliphatic heterocycles. The van der Waals surface area contributed by atoms with Crippen molar-refractivity contribution in [2.75, 3.05) is 6.61 Å². The number of Topliss-reactive ketones (excluding diaryl/α,β-unsaturated/α-hetero) is 1. The van der Waals surface area contributed by atoms with Crippen molar-refractivity contribution in [3.8, 4) is 0 Å². The number of benzene rings is 1. The van der Waals surface area contributed by atoms with Gasteiger partial charge in [-0.3, -0.25) is 9.59 Å². The standard InChI is InChI=1S/C17H22O3/c1-2-20-17(19)11-10-15(18)12-14-6-3-4-9-16(14)13-7-5-8-13/h3-4,6,9,13H,2,5,7-8,10-12H2,1H3. The van der Waals surface area contributed by atoms with Crippen molar-refractivity contribution in [1.82, 2.24) is 0 Å². The minimum Gasteiger partial charge on any atom is -0.466 e. The molecule has 3 nitrogen and oxygen atoms in total. The van der Waals surface area contributed by atoms with Gasteiger partial charge in [0.05, 0.1) is 13.0 Å². The van der Waals surface area contributed by atoms with Crippen molar-refractivity contribution in [1.29, 1.82) is 0 Å². The first-order valence-electron chi connectivity index (χ1n) is 7.45. The largest absolute Gasteiger partial charge is 0.466 e. The van der Waals surface area contributed by atoms with Gasteiger partial charge in [-0.1, -0.05) is 30.7 Å². The highest BCUT2D eigenvalue weighted by molar-refractivity contribution is 5.84. The molecule has 1 aromatic carbocycles. The maximum atomic E-state index is 12.0. The Morgan fingerprint density at radius 1 is 1.20 bits per heavy atom. The molecule has 20 heavy (non-hydrogen) atoms. The second-order valence-electron chi connectivity index (χ2n) is 5.35. The molecule has 0 spiro atoms. The summed E-state index contributed by atoms with van der Waals surface area (Å²) >= 11 is 0. The second kappa shape index (κ2) is 7.22. The SMILES string of the molecule is CCOC(=O)CCC(=O)Cc1ccccc1C1CCC1. The molecule has 1 aliphatic carbocycles. The van der Waals surface area contributed by atoms with Crippen molar-refractivity contribution in [2.45, 2.75) is 51.4 Å². The lowest BCUT2D eigenvalue weighted by atomic mass is 9.77. The predicted molar refractivity (Wildman–Crippen MR) is 77.6 cm³/mol. The Labute approximate surface area is 120 Å². The number of hydrogen-bond acceptors (Lipinski definition) is 3. The summed E-state index contributed by atoms with van der Waals surface area (Å²) in [7, 11) is 0. The van der Waals surface area contributed by atoms with Crippen LogP contribution in [0.25, 0.3) is 0 Å². The summed E-state index contributed by atoms with van der Waals surface area (Å²) in [4.78, 5) is 23.3. The molecule has 3 heteroatoms. The smallest absolute Gasteiger partial charge is 0.306 e. The molecule has 0 unspecified atom stereocenters. The maximum absolute atomic E-state index is 12.0. The summed E-state index contributed by atoms with van der Waals surface area (Å²) in [5.74, 6) is 0.460. The molecule has 1 aliphatic rings. The highest BCUT2D eigenvalue weighted by atomic mass is 16.5. The molecule has 1 aromatic rings. The van der Waals surface area contributed by atoms with Gasteiger partial charge in [-0.2, -0.15) is 0 Å². The van der Waals surface area contributed by atoms with Gasteiger partial charge >= 0.3 is 5.97 Å². The van der Waals surface area contributed by atoms with Crippen LogP contribution in [-0.2, 0) is 20.7 Å². The third kappa shape index (κ3) is 3.92. The highest BCUT2D eigenvalue weighted by Gasteiger charge is 2.22. The van der Waals surface area contributed by atoms with E-state index in [-0.39, 0.29) is 24.6 Å². The minimum atomic E-state index is -0.284. The number of ether oxygens (including phenoxy) is 1. The van der Waals surface area contributed by atoms with E-state index in [0.29, 0.717) is 18.9 Å². The average Bonchev–Trinajstić information content (AvgIpc) is 2.37. The van der Waals surface area contributed by atoms with E-state index in [4.69, 9.17) is 4.74 Å². The van der Waals surface area contributed by atoms with Crippen LogP contribution in [0.15, 0.2) is 24.3 Å². The quantitative estimate of drug-likeness (QED) is 0.716. The fourth-order valence-corrected chi connectivity index (χ4v) is 2.59. The lowest BCUT2D eigenvalue weighted by Crippen LogP contribution is -2.14. The lowest BCUT2D eigenvalue weighted by molar-refractivity contribution is -0.144. The number of ketones is 1. The maximum Gasteiger partial charge on any atom is 0.306 e. The molecule has 0 bridgehead atoms. The number of carbonyl (C=O) groups excluding carboxylic acids is 2. The summed E-state index contributed by atoms with van der Waals surface area (Å²) in [6.45, 7) is 2.14. The Bertz CT molecular complexity index is 475. The van der Waals surface area contributed by atoms with Gasteiger partial charge in [0.15, 0.2) is 0 Å². The normalized spacial score (nSPS) is 14.7. The average molecular weight is 274 g/mol. The molecule has 0 saturated heterocycles. The number of esters is 1. The van der Waals surface area contributed by atoms with Crippen molar-refractivity contribution in [2.24, 2.45) is 0 Å². The van der Waals surface area contributed by atoms with E-state index in [1.807, 2.05) is 18.2 Å². The zero-order valence-electron chi connectivity index (χ0n) is 12.1. The molecule has 0 amide bonds. The fourth-order valence-electron chi connectivity index (χ4n) is 2.59. The van der Waals surface area contributed by atoms with E-state index in [1.54, 1.807) is 6.92 Å². The van der Waals surface area contributed by atoms with Gasteiger partial charge in [-0.05, 0) is 36.8 Å². The zero-order chi connectivity index (χ0) is 14.4. The van der Waals surface area contributed by atoms with Crippen LogP contribution in [0.1, 0.15) is 56.1 Å². The fraction of sp³-hybridized carbons (Fsp3) is 0.529. The van der Waals surface area contributed by atoms with Crippen LogP contribution in [0.5, 0.6) is 0 Å². The Morgan fingerprint density at radius 2 is 1.95 bits per heavy atom. The van der Waals surface area contributed by atoms with E-state index in [1.165, 1.54) is 24.8 Å². The summed E-state index contributed by atoms with van der Waals surface area (Å²) in [5, 5.41) is 0. The van der Waals surface area contributed by atoms with Crippen molar-refractivity contribution in [3.05, 3.63) is 35.4 Å². The summed E-state index contributed by atoms with van der Waals surface area (Å²) in [6.07, 6.45) is 4.65. The highest BCUT2D eigenvalue weighted by Crippen LogP contribution is 2.38. The Hall–Kier alpha value is -1.64. The molecule has 0 aromatic heterocycles. The number of carbonyl (C=O) groups is 2.